The summed E-state index contributed by atoms with van der Waals surface area (Å²) in [7, 11) is -4.23. The number of rotatable bonds is 13. The molecule has 0 rings (SSSR count). The Morgan fingerprint density at radius 3 is 0.897 bits per heavy atom. The predicted molar refractivity (Wildman–Crippen MR) is 81.7 cm³/mol. The summed E-state index contributed by atoms with van der Waals surface area (Å²) >= 11 is 0. The SMILES string of the molecule is COP(=O)(CCC(F)(F)C(F)(F)C(F)(F)C(F)(F)C(F)(F)C(F)(F)C(F)(F)C(F)(F)C(F)(F)C(F)(F)F)OC. The minimum atomic E-state index is -9.22. The first kappa shape index (κ1) is 37.7. The zero-order valence-electron chi connectivity index (χ0n) is 18.0. The second kappa shape index (κ2) is 9.90. The lowest BCUT2D eigenvalue weighted by atomic mass is 9.86. The van der Waals surface area contributed by atoms with Crippen LogP contribution in [0.2, 0.25) is 0 Å². The summed E-state index contributed by atoms with van der Waals surface area (Å²) in [6.07, 6.45) is -13.2. The summed E-state index contributed by atoms with van der Waals surface area (Å²) in [4.78, 5) is 0. The van der Waals surface area contributed by atoms with Crippen molar-refractivity contribution in [1.82, 2.24) is 0 Å². The van der Waals surface area contributed by atoms with E-state index in [-0.39, 0.29) is 0 Å². The van der Waals surface area contributed by atoms with Gasteiger partial charge in [-0.2, -0.15) is 92.2 Å². The van der Waals surface area contributed by atoms with Crippen LogP contribution in [0, 0.1) is 0 Å². The Morgan fingerprint density at radius 1 is 0.436 bits per heavy atom. The number of halogens is 21. The molecule has 3 nitrogen and oxygen atoms in total. The van der Waals surface area contributed by atoms with E-state index in [4.69, 9.17) is 0 Å². The smallest absolute Gasteiger partial charge is 0.312 e. The van der Waals surface area contributed by atoms with E-state index < -0.39 is 79.7 Å². The zero-order valence-corrected chi connectivity index (χ0v) is 18.9. The molecule has 0 aliphatic carbocycles. The van der Waals surface area contributed by atoms with Gasteiger partial charge in [0.15, 0.2) is 0 Å². The first-order chi connectivity index (χ1) is 16.6. The van der Waals surface area contributed by atoms with Crippen molar-refractivity contribution in [3.8, 4) is 0 Å². The molecule has 25 heteroatoms. The molecule has 0 heterocycles. The maximum absolute atomic E-state index is 13.7. The summed E-state index contributed by atoms with van der Waals surface area (Å²) in [5.41, 5.74) is 0. The molecule has 0 aromatic heterocycles. The van der Waals surface area contributed by atoms with Crippen LogP contribution < -0.4 is 0 Å². The van der Waals surface area contributed by atoms with Crippen molar-refractivity contribution in [3.05, 3.63) is 0 Å². The standard InChI is InChI=1S/C14H10F21O3P/c1-37-39(36,38-2)4-3-5(15,16)6(17,18)7(19,20)8(21,22)9(23,24)10(25,26)11(27,28)12(29,30)13(31,32)14(33,34)35/h3-4H2,1-2H3. The van der Waals surface area contributed by atoms with Crippen molar-refractivity contribution in [2.45, 2.75) is 65.9 Å². The average Bonchev–Trinajstić information content (AvgIpc) is 2.75. The molecule has 0 amide bonds. The lowest BCUT2D eigenvalue weighted by Gasteiger charge is -2.44. The van der Waals surface area contributed by atoms with Crippen molar-refractivity contribution >= 4 is 7.60 Å². The van der Waals surface area contributed by atoms with Crippen LogP contribution in [-0.2, 0) is 13.6 Å². The fraction of sp³-hybridized carbons (Fsp3) is 1.00. The van der Waals surface area contributed by atoms with Crippen LogP contribution in [-0.4, -0.2) is 79.9 Å². The van der Waals surface area contributed by atoms with Gasteiger partial charge in [-0.1, -0.05) is 0 Å². The molecular weight excluding hydrogens is 646 g/mol. The van der Waals surface area contributed by atoms with Crippen LogP contribution in [0.1, 0.15) is 6.42 Å². The highest BCUT2D eigenvalue weighted by atomic mass is 31.2. The van der Waals surface area contributed by atoms with Gasteiger partial charge in [-0.05, 0) is 0 Å². The monoisotopic (exact) mass is 656 g/mol. The second-order valence-electron chi connectivity index (χ2n) is 7.25. The van der Waals surface area contributed by atoms with Crippen molar-refractivity contribution in [2.75, 3.05) is 20.4 Å². The maximum Gasteiger partial charge on any atom is 0.460 e. The Balaban J connectivity index is 6.94. The van der Waals surface area contributed by atoms with E-state index in [0.29, 0.717) is 14.2 Å². The van der Waals surface area contributed by atoms with Gasteiger partial charge in [0.05, 0.1) is 6.16 Å². The maximum atomic E-state index is 13.7. The van der Waals surface area contributed by atoms with Crippen molar-refractivity contribution in [2.24, 2.45) is 0 Å². The van der Waals surface area contributed by atoms with Crippen LogP contribution in [0.25, 0.3) is 0 Å². The lowest BCUT2D eigenvalue weighted by molar-refractivity contribution is -0.474. The Hall–Kier alpha value is -1.32. The fourth-order valence-corrected chi connectivity index (χ4v) is 3.35. The molecule has 0 aliphatic rings. The Labute approximate surface area is 201 Å². The molecule has 39 heavy (non-hydrogen) atoms. The third-order valence-corrected chi connectivity index (χ3v) is 6.72. The molecule has 0 fully saturated rings. The van der Waals surface area contributed by atoms with E-state index >= 15 is 0 Å². The molecule has 0 aliphatic heterocycles. The third kappa shape index (κ3) is 5.14. The van der Waals surface area contributed by atoms with Gasteiger partial charge >= 0.3 is 67.1 Å². The molecule has 236 valence electrons. The molecule has 0 aromatic carbocycles. The zero-order chi connectivity index (χ0) is 32.3. The lowest BCUT2D eigenvalue weighted by Crippen LogP contribution is -2.76. The summed E-state index contributed by atoms with van der Waals surface area (Å²) in [6.45, 7) is 0. The van der Waals surface area contributed by atoms with Gasteiger partial charge < -0.3 is 9.05 Å². The molecule has 0 saturated heterocycles. The minimum absolute atomic E-state index is 0.351. The highest BCUT2D eigenvalue weighted by Gasteiger charge is 2.97. The molecule has 0 spiro atoms. The van der Waals surface area contributed by atoms with E-state index in [1.807, 2.05) is 0 Å². The highest BCUT2D eigenvalue weighted by Crippen LogP contribution is 2.66. The van der Waals surface area contributed by atoms with Gasteiger partial charge in [0, 0.05) is 20.6 Å². The van der Waals surface area contributed by atoms with E-state index in [1.165, 1.54) is 0 Å². The normalized spacial score (nSPS) is 16.6. The third-order valence-electron chi connectivity index (χ3n) is 4.83. The molecule has 0 bridgehead atoms. The van der Waals surface area contributed by atoms with Crippen LogP contribution in [0.15, 0.2) is 0 Å². The first-order valence-corrected chi connectivity index (χ1v) is 10.5. The largest absolute Gasteiger partial charge is 0.460 e. The molecule has 0 saturated carbocycles. The van der Waals surface area contributed by atoms with Crippen LogP contribution >= 0.6 is 7.60 Å². The quantitative estimate of drug-likeness (QED) is 0.148. The van der Waals surface area contributed by atoms with Crippen molar-refractivity contribution < 1.29 is 106 Å². The summed E-state index contributed by atoms with van der Waals surface area (Å²) in [5.74, 6) is -77.6. The van der Waals surface area contributed by atoms with Crippen LogP contribution in [0.3, 0.4) is 0 Å². The van der Waals surface area contributed by atoms with Gasteiger partial charge in [0.1, 0.15) is 0 Å². The van der Waals surface area contributed by atoms with Gasteiger partial charge in [0.25, 0.3) is 0 Å². The molecule has 0 N–H and O–H groups in total. The van der Waals surface area contributed by atoms with Gasteiger partial charge in [-0.25, -0.2) is 0 Å². The number of alkyl halides is 21. The topological polar surface area (TPSA) is 35.5 Å². The fourth-order valence-electron chi connectivity index (χ4n) is 2.28. The number of hydrogen-bond acceptors (Lipinski definition) is 3. The highest BCUT2D eigenvalue weighted by molar-refractivity contribution is 7.53. The summed E-state index contributed by atoms with van der Waals surface area (Å²) in [6, 6.07) is 0. The van der Waals surface area contributed by atoms with Crippen LogP contribution in [0.5, 0.6) is 0 Å². The summed E-state index contributed by atoms with van der Waals surface area (Å²) < 4.78 is 297. The summed E-state index contributed by atoms with van der Waals surface area (Å²) in [5, 5.41) is 0. The van der Waals surface area contributed by atoms with Gasteiger partial charge in [0.2, 0.25) is 0 Å². The van der Waals surface area contributed by atoms with Gasteiger partial charge in [-0.3, -0.25) is 4.57 Å². The van der Waals surface area contributed by atoms with Crippen LogP contribution in [0.4, 0.5) is 92.2 Å². The Kier molecular flexibility index (Phi) is 9.56. The molecule has 0 radical (unpaired) electrons. The van der Waals surface area contributed by atoms with E-state index in [2.05, 4.69) is 9.05 Å². The first-order valence-electron chi connectivity index (χ1n) is 8.75. The second-order valence-corrected chi connectivity index (χ2v) is 9.65. The number of hydrogen-bond donors (Lipinski definition) is 0. The molecule has 0 atom stereocenters. The minimum Gasteiger partial charge on any atom is -0.312 e. The van der Waals surface area contributed by atoms with Crippen molar-refractivity contribution in [1.29, 1.82) is 0 Å². The Morgan fingerprint density at radius 2 is 0.667 bits per heavy atom. The van der Waals surface area contributed by atoms with E-state index in [1.54, 1.807) is 0 Å². The average molecular weight is 656 g/mol. The molecule has 0 unspecified atom stereocenters. The Bertz CT molecular complexity index is 915. The predicted octanol–water partition coefficient (Wildman–Crippen LogP) is 8.14. The van der Waals surface area contributed by atoms with Gasteiger partial charge in [-0.15, -0.1) is 0 Å². The van der Waals surface area contributed by atoms with E-state index in [9.17, 15) is 96.8 Å². The van der Waals surface area contributed by atoms with E-state index in [0.717, 1.165) is 0 Å². The molecule has 0 aromatic rings. The van der Waals surface area contributed by atoms with Crippen molar-refractivity contribution in [3.63, 3.8) is 0 Å². The molecular formula is C14H10F21O3P.